The second-order valence-corrected chi connectivity index (χ2v) is 13.5. The van der Waals surface area contributed by atoms with Crippen LogP contribution in [-0.4, -0.2) is 77.8 Å². The third-order valence-electron chi connectivity index (χ3n) is 9.87. The lowest BCUT2D eigenvalue weighted by molar-refractivity contribution is -0.144. The van der Waals surface area contributed by atoms with E-state index in [-0.39, 0.29) is 43.3 Å². The molecule has 0 aromatic heterocycles. The number of anilines is 2. The van der Waals surface area contributed by atoms with Gasteiger partial charge >= 0.3 is 0 Å². The third kappa shape index (κ3) is 6.11. The second kappa shape index (κ2) is 14.0. The number of hydrogen-bond acceptors (Lipinski definition) is 6. The van der Waals surface area contributed by atoms with Gasteiger partial charge in [0, 0.05) is 24.5 Å². The third-order valence-corrected chi connectivity index (χ3v) is 9.87. The molecule has 3 heterocycles. The largest absolute Gasteiger partial charge is 0.494 e. The van der Waals surface area contributed by atoms with Crippen LogP contribution in [0.25, 0.3) is 0 Å². The Bertz CT molecular complexity index is 1510. The fraction of sp³-hybridized carbons (Fsp3) is 0.500. The number of likely N-dealkylation sites (tertiary alicyclic amines) is 1. The molecule has 2 aromatic carbocycles. The Balaban J connectivity index is 1.60. The van der Waals surface area contributed by atoms with Crippen molar-refractivity contribution < 1.29 is 29.0 Å². The van der Waals surface area contributed by atoms with E-state index in [1.807, 2.05) is 77.1 Å². The van der Waals surface area contributed by atoms with Crippen molar-refractivity contribution in [2.45, 2.75) is 77.7 Å². The molecule has 0 saturated carbocycles. The van der Waals surface area contributed by atoms with Crippen LogP contribution in [0.2, 0.25) is 0 Å². The number of hydrogen-bond donors (Lipinski definition) is 1. The highest BCUT2D eigenvalue weighted by molar-refractivity contribution is 6.07. The number of amides is 3. The molecule has 47 heavy (non-hydrogen) atoms. The number of rotatable bonds is 14. The van der Waals surface area contributed by atoms with Crippen molar-refractivity contribution in [1.82, 2.24) is 4.90 Å². The number of ether oxygens (including phenoxy) is 2. The van der Waals surface area contributed by atoms with Gasteiger partial charge in [-0.05, 0) is 87.4 Å². The maximum absolute atomic E-state index is 15.0. The summed E-state index contributed by atoms with van der Waals surface area (Å²) in [6.45, 7) is 18.4. The van der Waals surface area contributed by atoms with Crippen molar-refractivity contribution in [3.8, 4) is 5.75 Å². The summed E-state index contributed by atoms with van der Waals surface area (Å²) in [7, 11) is 0. The van der Waals surface area contributed by atoms with Crippen molar-refractivity contribution in [2.24, 2.45) is 17.8 Å². The van der Waals surface area contributed by atoms with Gasteiger partial charge in [-0.15, -0.1) is 13.2 Å². The Hall–Kier alpha value is -3.95. The normalized spacial score (nSPS) is 25.1. The molecule has 2 bridgehead atoms. The van der Waals surface area contributed by atoms with Crippen molar-refractivity contribution >= 4 is 29.1 Å². The van der Waals surface area contributed by atoms with Crippen LogP contribution in [0.5, 0.6) is 5.75 Å². The lowest BCUT2D eigenvalue weighted by Gasteiger charge is -2.40. The molecule has 5 rings (SSSR count). The van der Waals surface area contributed by atoms with E-state index in [1.54, 1.807) is 26.9 Å². The molecule has 6 atom stereocenters. The fourth-order valence-corrected chi connectivity index (χ4v) is 7.98. The standard InChI is InChI=1S/C38H49N3O6/c1-8-19-39(27-13-15-29(16-14-27)46-10-3)35(43)32-31-17-18-38(47-31)33(32)36(44)41(28(23-42)21-24(4)5)34(38)37(45)40(20-9-2)30-22-25(6)11-12-26(30)7/h8-9,11-16,22,24,28,31-34,42H,1-2,10,17-21,23H2,3-7H3/t28-,31-,32+,33+,34?,38?/m1/s1. The fourth-order valence-electron chi connectivity index (χ4n) is 7.98. The predicted molar refractivity (Wildman–Crippen MR) is 183 cm³/mol. The van der Waals surface area contributed by atoms with E-state index in [0.717, 1.165) is 16.8 Å². The molecule has 2 unspecified atom stereocenters. The van der Waals surface area contributed by atoms with Crippen LogP contribution in [0.4, 0.5) is 11.4 Å². The highest BCUT2D eigenvalue weighted by Gasteiger charge is 2.75. The molecule has 252 valence electrons. The number of aryl methyl sites for hydroxylation is 2. The number of benzene rings is 2. The lowest BCUT2D eigenvalue weighted by Crippen LogP contribution is -2.59. The SMILES string of the molecule is C=CCN(C(=O)[C@@H]1[C@H]2C(=O)N([C@@H](CO)CC(C)C)C(C(=O)N(CC=C)c3cc(C)ccc3C)C23CC[C@H]1O3)c1ccc(OCC)cc1. The molecule has 1 N–H and O–H groups in total. The Morgan fingerprint density at radius 3 is 2.38 bits per heavy atom. The van der Waals surface area contributed by atoms with E-state index < -0.39 is 35.6 Å². The van der Waals surface area contributed by atoms with Gasteiger partial charge in [0.15, 0.2) is 0 Å². The number of carbonyl (C=O) groups is 3. The van der Waals surface area contributed by atoms with Crippen LogP contribution in [0, 0.1) is 31.6 Å². The van der Waals surface area contributed by atoms with Crippen molar-refractivity contribution in [3.63, 3.8) is 0 Å². The number of aliphatic hydroxyl groups is 1. The quantitative estimate of drug-likeness (QED) is 0.284. The first-order valence-corrected chi connectivity index (χ1v) is 16.8. The summed E-state index contributed by atoms with van der Waals surface area (Å²) in [6, 6.07) is 11.6. The highest BCUT2D eigenvalue weighted by Crippen LogP contribution is 2.59. The van der Waals surface area contributed by atoms with Gasteiger partial charge < -0.3 is 29.3 Å². The average molecular weight is 644 g/mol. The molecule has 0 aliphatic carbocycles. The molecule has 3 amide bonds. The first kappa shape index (κ1) is 34.4. The van der Waals surface area contributed by atoms with Gasteiger partial charge in [0.2, 0.25) is 11.8 Å². The van der Waals surface area contributed by atoms with Gasteiger partial charge in [0.25, 0.3) is 5.91 Å². The monoisotopic (exact) mass is 643 g/mol. The predicted octanol–water partition coefficient (Wildman–Crippen LogP) is 5.22. The Morgan fingerprint density at radius 1 is 1.09 bits per heavy atom. The summed E-state index contributed by atoms with van der Waals surface area (Å²) >= 11 is 0. The molecular weight excluding hydrogens is 594 g/mol. The van der Waals surface area contributed by atoms with Crippen LogP contribution < -0.4 is 14.5 Å². The molecule has 0 radical (unpaired) electrons. The van der Waals surface area contributed by atoms with Crippen LogP contribution in [0.15, 0.2) is 67.8 Å². The average Bonchev–Trinajstić information content (AvgIpc) is 3.70. The molecule has 9 heteroatoms. The number of nitrogens with zero attached hydrogens (tertiary/aromatic N) is 3. The zero-order chi connectivity index (χ0) is 34.0. The number of aliphatic hydroxyl groups excluding tert-OH is 1. The van der Waals surface area contributed by atoms with Gasteiger partial charge in [-0.2, -0.15) is 0 Å². The molecule has 2 aromatic rings. The van der Waals surface area contributed by atoms with Gasteiger partial charge in [-0.3, -0.25) is 14.4 Å². The van der Waals surface area contributed by atoms with E-state index in [9.17, 15) is 14.7 Å². The minimum atomic E-state index is -1.21. The molecule has 3 aliphatic rings. The maximum atomic E-state index is 15.0. The zero-order valence-electron chi connectivity index (χ0n) is 28.4. The lowest BCUT2D eigenvalue weighted by atomic mass is 9.70. The molecule has 3 fully saturated rings. The van der Waals surface area contributed by atoms with Crippen LogP contribution in [0.3, 0.4) is 0 Å². The molecule has 3 saturated heterocycles. The summed E-state index contributed by atoms with van der Waals surface area (Å²) in [5.41, 5.74) is 2.09. The van der Waals surface area contributed by atoms with Crippen LogP contribution in [0.1, 0.15) is 51.2 Å². The summed E-state index contributed by atoms with van der Waals surface area (Å²) in [5, 5.41) is 10.7. The molecular formula is C38H49N3O6. The Morgan fingerprint density at radius 2 is 1.77 bits per heavy atom. The molecule has 9 nitrogen and oxygen atoms in total. The van der Waals surface area contributed by atoms with E-state index in [4.69, 9.17) is 9.47 Å². The number of carbonyl (C=O) groups excluding carboxylic acids is 3. The topological polar surface area (TPSA) is 99.6 Å². The smallest absolute Gasteiger partial charge is 0.253 e. The van der Waals surface area contributed by atoms with E-state index in [1.165, 1.54) is 0 Å². The summed E-state index contributed by atoms with van der Waals surface area (Å²) in [5.74, 6) is -1.67. The van der Waals surface area contributed by atoms with Gasteiger partial charge in [-0.25, -0.2) is 0 Å². The van der Waals surface area contributed by atoms with Crippen molar-refractivity contribution in [1.29, 1.82) is 0 Å². The minimum absolute atomic E-state index is 0.148. The maximum Gasteiger partial charge on any atom is 0.253 e. The van der Waals surface area contributed by atoms with Crippen LogP contribution >= 0.6 is 0 Å². The second-order valence-electron chi connectivity index (χ2n) is 13.5. The number of fused-ring (bicyclic) bond motifs is 1. The summed E-state index contributed by atoms with van der Waals surface area (Å²) in [6.07, 6.45) is 4.32. The Kier molecular flexibility index (Phi) is 10.3. The summed E-state index contributed by atoms with van der Waals surface area (Å²) in [4.78, 5) is 49.3. The van der Waals surface area contributed by atoms with Crippen molar-refractivity contribution in [2.75, 3.05) is 36.1 Å². The zero-order valence-corrected chi connectivity index (χ0v) is 28.4. The highest BCUT2D eigenvalue weighted by atomic mass is 16.5. The molecule has 1 spiro atoms. The Labute approximate surface area is 278 Å². The molecule has 3 aliphatic heterocycles. The van der Waals surface area contributed by atoms with E-state index >= 15 is 4.79 Å². The van der Waals surface area contributed by atoms with Crippen molar-refractivity contribution in [3.05, 3.63) is 78.9 Å². The van der Waals surface area contributed by atoms with Gasteiger partial charge in [0.1, 0.15) is 17.4 Å². The van der Waals surface area contributed by atoms with Gasteiger partial charge in [0.05, 0.1) is 37.2 Å². The van der Waals surface area contributed by atoms with E-state index in [2.05, 4.69) is 13.2 Å². The van der Waals surface area contributed by atoms with E-state index in [0.29, 0.717) is 37.3 Å². The first-order chi connectivity index (χ1) is 22.5. The first-order valence-electron chi connectivity index (χ1n) is 16.8. The minimum Gasteiger partial charge on any atom is -0.494 e. The summed E-state index contributed by atoms with van der Waals surface area (Å²) < 4.78 is 12.4. The van der Waals surface area contributed by atoms with Gasteiger partial charge in [-0.1, -0.05) is 38.1 Å². The van der Waals surface area contributed by atoms with Crippen LogP contribution in [-0.2, 0) is 19.1 Å².